The van der Waals surface area contributed by atoms with Gasteiger partial charge in [0.25, 0.3) is 0 Å². The number of aliphatic hydroxyl groups is 3. The van der Waals surface area contributed by atoms with Gasteiger partial charge in [-0.25, -0.2) is 0 Å². The SMILES string of the molecule is Oc1ccccc1/C=C/C(O)CC1CC(O)C(O)CO1. The average Bonchev–Trinajstić information content (AvgIpc) is 2.42. The van der Waals surface area contributed by atoms with Crippen molar-refractivity contribution in [2.45, 2.75) is 37.3 Å². The quantitative estimate of drug-likeness (QED) is 0.651. The van der Waals surface area contributed by atoms with Crippen LogP contribution in [0.2, 0.25) is 0 Å². The highest BCUT2D eigenvalue weighted by atomic mass is 16.5. The van der Waals surface area contributed by atoms with Crippen LogP contribution in [0.15, 0.2) is 30.3 Å². The zero-order chi connectivity index (χ0) is 14.5. The van der Waals surface area contributed by atoms with Gasteiger partial charge in [0.1, 0.15) is 11.9 Å². The van der Waals surface area contributed by atoms with Gasteiger partial charge in [-0.1, -0.05) is 30.4 Å². The maximum Gasteiger partial charge on any atom is 0.122 e. The number of aliphatic hydroxyl groups excluding tert-OH is 3. The minimum absolute atomic E-state index is 0.0851. The van der Waals surface area contributed by atoms with E-state index in [-0.39, 0.29) is 18.5 Å². The summed E-state index contributed by atoms with van der Waals surface area (Å²) in [6.07, 6.45) is 1.21. The molecule has 4 N–H and O–H groups in total. The topological polar surface area (TPSA) is 90.2 Å². The summed E-state index contributed by atoms with van der Waals surface area (Å²) in [5, 5.41) is 38.4. The highest BCUT2D eigenvalue weighted by Crippen LogP contribution is 2.21. The summed E-state index contributed by atoms with van der Waals surface area (Å²) in [5.74, 6) is 0.156. The first-order chi connectivity index (χ1) is 9.56. The molecule has 1 saturated heterocycles. The standard InChI is InChI=1S/C15H20O5/c16-11(6-5-10-3-1-2-4-13(10)17)7-12-8-14(18)15(19)9-20-12/h1-6,11-12,14-19H,7-9H2/b6-5+. The van der Waals surface area contributed by atoms with Crippen molar-refractivity contribution in [1.82, 2.24) is 0 Å². The Balaban J connectivity index is 1.86. The molecule has 1 aliphatic heterocycles. The first-order valence-electron chi connectivity index (χ1n) is 6.68. The molecule has 4 atom stereocenters. The molecule has 20 heavy (non-hydrogen) atoms. The van der Waals surface area contributed by atoms with Crippen molar-refractivity contribution >= 4 is 6.08 Å². The molecule has 0 aliphatic carbocycles. The van der Waals surface area contributed by atoms with Crippen LogP contribution < -0.4 is 0 Å². The van der Waals surface area contributed by atoms with Crippen molar-refractivity contribution in [3.8, 4) is 5.75 Å². The maximum atomic E-state index is 9.91. The molecule has 0 saturated carbocycles. The molecule has 110 valence electrons. The summed E-state index contributed by atoms with van der Waals surface area (Å²) in [5.41, 5.74) is 0.631. The third-order valence-corrected chi connectivity index (χ3v) is 3.39. The first kappa shape index (κ1) is 15.0. The second-order valence-electron chi connectivity index (χ2n) is 5.05. The lowest BCUT2D eigenvalue weighted by Gasteiger charge is -2.31. The van der Waals surface area contributed by atoms with E-state index in [2.05, 4.69) is 0 Å². The normalized spacial score (nSPS) is 28.6. The molecule has 0 amide bonds. The van der Waals surface area contributed by atoms with Crippen molar-refractivity contribution in [2.75, 3.05) is 6.61 Å². The Labute approximate surface area is 117 Å². The van der Waals surface area contributed by atoms with Crippen LogP contribution in [0.5, 0.6) is 5.75 Å². The molecule has 0 bridgehead atoms. The van der Waals surface area contributed by atoms with E-state index in [0.717, 1.165) is 0 Å². The van der Waals surface area contributed by atoms with Gasteiger partial charge in [0.15, 0.2) is 0 Å². The van der Waals surface area contributed by atoms with E-state index in [4.69, 9.17) is 4.74 Å². The number of benzene rings is 1. The van der Waals surface area contributed by atoms with Gasteiger partial charge in [-0.15, -0.1) is 0 Å². The molecule has 1 aromatic rings. The summed E-state index contributed by atoms with van der Waals surface area (Å²) in [6.45, 7) is 0.0851. The highest BCUT2D eigenvalue weighted by molar-refractivity contribution is 5.56. The lowest BCUT2D eigenvalue weighted by molar-refractivity contribution is -0.127. The Bertz CT molecular complexity index is 459. The van der Waals surface area contributed by atoms with Crippen LogP contribution in [-0.2, 0) is 4.74 Å². The van der Waals surface area contributed by atoms with Gasteiger partial charge in [0.05, 0.1) is 24.9 Å². The Morgan fingerprint density at radius 1 is 1.25 bits per heavy atom. The van der Waals surface area contributed by atoms with E-state index in [1.165, 1.54) is 0 Å². The second-order valence-corrected chi connectivity index (χ2v) is 5.05. The minimum Gasteiger partial charge on any atom is -0.507 e. The van der Waals surface area contributed by atoms with Gasteiger partial charge in [0, 0.05) is 18.4 Å². The summed E-state index contributed by atoms with van der Waals surface area (Å²) in [4.78, 5) is 0. The number of hydrogen-bond donors (Lipinski definition) is 4. The molecule has 0 spiro atoms. The van der Waals surface area contributed by atoms with E-state index in [1.54, 1.807) is 36.4 Å². The number of para-hydroxylation sites is 1. The summed E-state index contributed by atoms with van der Waals surface area (Å²) in [7, 11) is 0. The van der Waals surface area contributed by atoms with Gasteiger partial charge >= 0.3 is 0 Å². The number of phenols is 1. The average molecular weight is 280 g/mol. The third kappa shape index (κ3) is 4.05. The molecule has 1 aromatic carbocycles. The minimum atomic E-state index is -0.847. The number of aromatic hydroxyl groups is 1. The summed E-state index contributed by atoms with van der Waals surface area (Å²) >= 11 is 0. The molecule has 0 radical (unpaired) electrons. The molecular weight excluding hydrogens is 260 g/mol. The van der Waals surface area contributed by atoms with E-state index >= 15 is 0 Å². The second kappa shape index (κ2) is 6.85. The summed E-state index contributed by atoms with van der Waals surface area (Å²) in [6, 6.07) is 6.85. The monoisotopic (exact) mass is 280 g/mol. The van der Waals surface area contributed by atoms with Crippen LogP contribution >= 0.6 is 0 Å². The molecule has 1 heterocycles. The Morgan fingerprint density at radius 3 is 2.70 bits per heavy atom. The number of rotatable bonds is 4. The molecule has 1 fully saturated rings. The lowest BCUT2D eigenvalue weighted by atomic mass is 9.99. The van der Waals surface area contributed by atoms with Crippen molar-refractivity contribution in [2.24, 2.45) is 0 Å². The van der Waals surface area contributed by atoms with Crippen LogP contribution in [0.25, 0.3) is 6.08 Å². The predicted octanol–water partition coefficient (Wildman–Crippen LogP) is 0.667. The van der Waals surface area contributed by atoms with Crippen LogP contribution in [-0.4, -0.2) is 51.4 Å². The largest absolute Gasteiger partial charge is 0.507 e. The predicted molar refractivity (Wildman–Crippen MR) is 74.1 cm³/mol. The van der Waals surface area contributed by atoms with Crippen molar-refractivity contribution in [3.05, 3.63) is 35.9 Å². The highest BCUT2D eigenvalue weighted by Gasteiger charge is 2.29. The maximum absolute atomic E-state index is 9.91. The van der Waals surface area contributed by atoms with E-state index < -0.39 is 18.3 Å². The fourth-order valence-electron chi connectivity index (χ4n) is 2.20. The van der Waals surface area contributed by atoms with Gasteiger partial charge in [-0.3, -0.25) is 0 Å². The molecule has 0 aromatic heterocycles. The number of phenolic OH excluding ortho intramolecular Hbond substituents is 1. The van der Waals surface area contributed by atoms with Crippen molar-refractivity contribution < 1.29 is 25.2 Å². The van der Waals surface area contributed by atoms with E-state index in [9.17, 15) is 20.4 Å². The molecule has 5 nitrogen and oxygen atoms in total. The Morgan fingerprint density at radius 2 is 2.00 bits per heavy atom. The molecule has 2 rings (SSSR count). The third-order valence-electron chi connectivity index (χ3n) is 3.39. The summed E-state index contributed by atoms with van der Waals surface area (Å²) < 4.78 is 5.35. The van der Waals surface area contributed by atoms with Gasteiger partial charge in [0.2, 0.25) is 0 Å². The number of ether oxygens (including phenoxy) is 1. The number of hydrogen-bond acceptors (Lipinski definition) is 5. The molecular formula is C15H20O5. The van der Waals surface area contributed by atoms with Gasteiger partial charge in [-0.05, 0) is 6.07 Å². The van der Waals surface area contributed by atoms with Crippen LogP contribution in [0.1, 0.15) is 18.4 Å². The lowest BCUT2D eigenvalue weighted by Crippen LogP contribution is -2.42. The molecule has 4 unspecified atom stereocenters. The molecule has 5 heteroatoms. The Hall–Kier alpha value is -1.40. The Kier molecular flexibility index (Phi) is 5.14. The fraction of sp³-hybridized carbons (Fsp3) is 0.467. The van der Waals surface area contributed by atoms with Crippen molar-refractivity contribution in [3.63, 3.8) is 0 Å². The molecule has 1 aliphatic rings. The zero-order valence-electron chi connectivity index (χ0n) is 11.1. The zero-order valence-corrected chi connectivity index (χ0v) is 11.1. The van der Waals surface area contributed by atoms with E-state index in [0.29, 0.717) is 18.4 Å². The van der Waals surface area contributed by atoms with Crippen molar-refractivity contribution in [1.29, 1.82) is 0 Å². The van der Waals surface area contributed by atoms with Gasteiger partial charge < -0.3 is 25.2 Å². The van der Waals surface area contributed by atoms with Crippen LogP contribution in [0.4, 0.5) is 0 Å². The fourth-order valence-corrected chi connectivity index (χ4v) is 2.20. The van der Waals surface area contributed by atoms with Gasteiger partial charge in [-0.2, -0.15) is 0 Å². The van der Waals surface area contributed by atoms with Crippen LogP contribution in [0, 0.1) is 0 Å². The van der Waals surface area contributed by atoms with E-state index in [1.807, 2.05) is 0 Å². The first-order valence-corrected chi connectivity index (χ1v) is 6.68. The smallest absolute Gasteiger partial charge is 0.122 e. The van der Waals surface area contributed by atoms with Crippen LogP contribution in [0.3, 0.4) is 0 Å².